The second-order valence-electron chi connectivity index (χ2n) is 9.07. The normalized spacial score (nSPS) is 38.9. The molecule has 0 radical (unpaired) electrons. The topological polar surface area (TPSA) is 152 Å². The zero-order valence-corrected chi connectivity index (χ0v) is 19.1. The molecule has 1 saturated carbocycles. The van der Waals surface area contributed by atoms with E-state index in [9.17, 15) is 30.0 Å². The van der Waals surface area contributed by atoms with Gasteiger partial charge in [-0.15, -0.1) is 0 Å². The Bertz CT molecular complexity index is 945. The number of rotatable bonds is 7. The summed E-state index contributed by atoms with van der Waals surface area (Å²) in [4.78, 5) is 24.1. The average molecular weight is 491 g/mol. The van der Waals surface area contributed by atoms with Gasteiger partial charge in [0.2, 0.25) is 6.29 Å². The standard InChI is InChI=1S/C25H30O10/c1-13-17(33-19(28)8-7-14-5-3-2-4-6-14)9-16-15(10-26)12-32-24(20(13)16)35-25-23(31)22(30)21(29)18(11-27)34-25/h2-8,10,12-13,16-18,20-25,27,29-31H,9,11H2,1H3/t13-,16+,17-,18+,20+,21+,22-,23+,24-,25-/m0/s1. The van der Waals surface area contributed by atoms with E-state index in [4.69, 9.17) is 18.9 Å². The number of carbonyl (C=O) groups excluding carboxylic acids is 2. The number of aldehydes is 1. The molecule has 4 N–H and O–H groups in total. The van der Waals surface area contributed by atoms with Crippen LogP contribution in [-0.4, -0.2) is 82.4 Å². The minimum absolute atomic E-state index is 0.285. The smallest absolute Gasteiger partial charge is 0.331 e. The summed E-state index contributed by atoms with van der Waals surface area (Å²) in [6.07, 6.45) is -3.43. The molecule has 1 aliphatic carbocycles. The van der Waals surface area contributed by atoms with Crippen molar-refractivity contribution >= 4 is 18.3 Å². The number of esters is 1. The number of hydrogen-bond donors (Lipinski definition) is 4. The van der Waals surface area contributed by atoms with Crippen LogP contribution in [0.5, 0.6) is 0 Å². The van der Waals surface area contributed by atoms with Crippen molar-refractivity contribution < 1.29 is 49.0 Å². The Hall–Kier alpha value is -2.60. The monoisotopic (exact) mass is 490 g/mol. The minimum Gasteiger partial charge on any atom is -0.472 e. The van der Waals surface area contributed by atoms with Gasteiger partial charge in [0.25, 0.3) is 0 Å². The SMILES string of the molecule is C[C@@H]1[C@H]2[C@H](O[C@@H]3O[C@H](CO)[C@@H](O)[C@H](O)[C@H]3O)OC=C(C=O)[C@H]2C[C@@H]1OC(=O)C=Cc1ccccc1. The molecule has 35 heavy (non-hydrogen) atoms. The summed E-state index contributed by atoms with van der Waals surface area (Å²) in [5.41, 5.74) is 1.25. The van der Waals surface area contributed by atoms with E-state index in [1.165, 1.54) is 12.3 Å². The molecule has 2 heterocycles. The largest absolute Gasteiger partial charge is 0.472 e. The molecule has 1 saturated heterocycles. The maximum atomic E-state index is 12.5. The van der Waals surface area contributed by atoms with Crippen LogP contribution >= 0.6 is 0 Å². The highest BCUT2D eigenvalue weighted by atomic mass is 16.8. The number of benzene rings is 1. The number of allylic oxidation sites excluding steroid dienone is 1. The molecule has 0 unspecified atom stereocenters. The van der Waals surface area contributed by atoms with Gasteiger partial charge >= 0.3 is 5.97 Å². The molecule has 10 atom stereocenters. The molecule has 1 aromatic carbocycles. The predicted octanol–water partition coefficient (Wildman–Crippen LogP) is 0.139. The maximum Gasteiger partial charge on any atom is 0.331 e. The first-order chi connectivity index (χ1) is 16.8. The highest BCUT2D eigenvalue weighted by Gasteiger charge is 2.53. The third-order valence-electron chi connectivity index (χ3n) is 6.96. The number of hydrogen-bond acceptors (Lipinski definition) is 10. The van der Waals surface area contributed by atoms with E-state index in [-0.39, 0.29) is 11.8 Å². The zero-order chi connectivity index (χ0) is 25.1. The van der Waals surface area contributed by atoms with Crippen LogP contribution in [0.1, 0.15) is 18.9 Å². The van der Waals surface area contributed by atoms with Crippen molar-refractivity contribution in [3.05, 3.63) is 53.8 Å². The lowest BCUT2D eigenvalue weighted by atomic mass is 9.84. The second-order valence-corrected chi connectivity index (χ2v) is 9.07. The van der Waals surface area contributed by atoms with Gasteiger partial charge < -0.3 is 39.4 Å². The predicted molar refractivity (Wildman–Crippen MR) is 120 cm³/mol. The van der Waals surface area contributed by atoms with Crippen LogP contribution in [0.3, 0.4) is 0 Å². The van der Waals surface area contributed by atoms with Crippen LogP contribution in [0.4, 0.5) is 0 Å². The van der Waals surface area contributed by atoms with Crippen LogP contribution in [-0.2, 0) is 28.5 Å². The molecular weight excluding hydrogens is 460 g/mol. The lowest BCUT2D eigenvalue weighted by Gasteiger charge is -2.43. The van der Waals surface area contributed by atoms with Crippen molar-refractivity contribution in [3.8, 4) is 0 Å². The number of ether oxygens (including phenoxy) is 4. The summed E-state index contributed by atoms with van der Waals surface area (Å²) in [5.74, 6) is -1.56. The summed E-state index contributed by atoms with van der Waals surface area (Å²) < 4.78 is 22.6. The summed E-state index contributed by atoms with van der Waals surface area (Å²) >= 11 is 0. The highest BCUT2D eigenvalue weighted by molar-refractivity contribution is 5.87. The second kappa shape index (κ2) is 11.0. The van der Waals surface area contributed by atoms with E-state index in [0.29, 0.717) is 18.3 Å². The molecule has 2 aliphatic heterocycles. The Kier molecular flexibility index (Phi) is 8.00. The Morgan fingerprint density at radius 2 is 1.86 bits per heavy atom. The van der Waals surface area contributed by atoms with Gasteiger partial charge in [-0.25, -0.2) is 4.79 Å². The van der Waals surface area contributed by atoms with E-state index in [1.807, 2.05) is 37.3 Å². The van der Waals surface area contributed by atoms with Crippen molar-refractivity contribution in [2.75, 3.05) is 6.61 Å². The summed E-state index contributed by atoms with van der Waals surface area (Å²) in [6, 6.07) is 9.31. The van der Waals surface area contributed by atoms with Crippen molar-refractivity contribution in [3.63, 3.8) is 0 Å². The van der Waals surface area contributed by atoms with E-state index in [0.717, 1.165) is 5.56 Å². The fourth-order valence-electron chi connectivity index (χ4n) is 4.98. The average Bonchev–Trinajstić information content (AvgIpc) is 3.20. The number of aliphatic hydroxyl groups excluding tert-OH is 4. The molecule has 1 aromatic rings. The number of fused-ring (bicyclic) bond motifs is 1. The molecule has 0 amide bonds. The van der Waals surface area contributed by atoms with Gasteiger partial charge in [-0.1, -0.05) is 37.3 Å². The molecule has 4 rings (SSSR count). The van der Waals surface area contributed by atoms with Crippen LogP contribution < -0.4 is 0 Å². The van der Waals surface area contributed by atoms with Crippen LogP contribution in [0.15, 0.2) is 48.2 Å². The van der Waals surface area contributed by atoms with Gasteiger partial charge in [0.1, 0.15) is 36.8 Å². The molecule has 0 spiro atoms. The highest BCUT2D eigenvalue weighted by Crippen LogP contribution is 2.48. The van der Waals surface area contributed by atoms with Crippen molar-refractivity contribution in [1.82, 2.24) is 0 Å². The molecule has 3 aliphatic rings. The molecule has 0 aromatic heterocycles. The van der Waals surface area contributed by atoms with Crippen molar-refractivity contribution in [2.24, 2.45) is 17.8 Å². The summed E-state index contributed by atoms with van der Waals surface area (Å²) in [5, 5.41) is 39.8. The van der Waals surface area contributed by atoms with E-state index >= 15 is 0 Å². The first-order valence-electron chi connectivity index (χ1n) is 11.5. The van der Waals surface area contributed by atoms with Crippen LogP contribution in [0, 0.1) is 17.8 Å². The van der Waals surface area contributed by atoms with Crippen molar-refractivity contribution in [2.45, 2.75) is 56.4 Å². The molecule has 10 nitrogen and oxygen atoms in total. The van der Waals surface area contributed by atoms with Gasteiger partial charge in [0.15, 0.2) is 6.29 Å². The molecular formula is C25H30O10. The Labute approximate surface area is 202 Å². The Morgan fingerprint density at radius 3 is 2.54 bits per heavy atom. The minimum atomic E-state index is -1.60. The Balaban J connectivity index is 1.46. The molecule has 190 valence electrons. The third kappa shape index (κ3) is 5.32. The first-order valence-corrected chi connectivity index (χ1v) is 11.5. The zero-order valence-electron chi connectivity index (χ0n) is 19.1. The summed E-state index contributed by atoms with van der Waals surface area (Å²) in [7, 11) is 0. The first kappa shape index (κ1) is 25.5. The van der Waals surface area contributed by atoms with E-state index in [1.54, 1.807) is 6.08 Å². The molecule has 0 bridgehead atoms. The third-order valence-corrected chi connectivity index (χ3v) is 6.96. The quantitative estimate of drug-likeness (QED) is 0.236. The lowest BCUT2D eigenvalue weighted by molar-refractivity contribution is -0.342. The van der Waals surface area contributed by atoms with E-state index in [2.05, 4.69) is 0 Å². The number of carbonyl (C=O) groups is 2. The summed E-state index contributed by atoms with van der Waals surface area (Å²) in [6.45, 7) is 1.26. The maximum absolute atomic E-state index is 12.5. The van der Waals surface area contributed by atoms with Gasteiger partial charge in [-0.2, -0.15) is 0 Å². The molecule has 10 heteroatoms. The van der Waals surface area contributed by atoms with E-state index < -0.39 is 61.6 Å². The fourth-order valence-corrected chi connectivity index (χ4v) is 4.98. The molecule has 2 fully saturated rings. The van der Waals surface area contributed by atoms with Gasteiger partial charge in [-0.3, -0.25) is 4.79 Å². The van der Waals surface area contributed by atoms with Crippen LogP contribution in [0.2, 0.25) is 0 Å². The Morgan fingerprint density at radius 1 is 1.11 bits per heavy atom. The van der Waals surface area contributed by atoms with Crippen molar-refractivity contribution in [1.29, 1.82) is 0 Å². The lowest BCUT2D eigenvalue weighted by Crippen LogP contribution is -2.60. The van der Waals surface area contributed by atoms with Gasteiger partial charge in [0, 0.05) is 29.4 Å². The number of aliphatic hydroxyl groups is 4. The van der Waals surface area contributed by atoms with Gasteiger partial charge in [0.05, 0.1) is 12.9 Å². The fraction of sp³-hybridized carbons (Fsp3) is 0.520. The van der Waals surface area contributed by atoms with Crippen LogP contribution in [0.25, 0.3) is 6.08 Å². The van der Waals surface area contributed by atoms with Gasteiger partial charge in [-0.05, 0) is 18.1 Å².